The van der Waals surface area contributed by atoms with Gasteiger partial charge < -0.3 is 14.4 Å². The molecule has 3 fully saturated rings. The molecule has 4 rings (SSSR count). The Labute approximate surface area is 186 Å². The molecule has 1 aromatic carbocycles. The van der Waals surface area contributed by atoms with E-state index in [1.807, 2.05) is 13.0 Å². The first-order chi connectivity index (χ1) is 10.7. The maximum absolute atomic E-state index is 11.3. The van der Waals surface area contributed by atoms with Crippen LogP contribution in [0.1, 0.15) is 49.7 Å². The number of aliphatic hydroxyl groups excluding tert-OH is 1. The van der Waals surface area contributed by atoms with Crippen molar-refractivity contribution in [3.05, 3.63) is 29.3 Å². The summed E-state index contributed by atoms with van der Waals surface area (Å²) in [6, 6.07) is 6.22. The largest absolute Gasteiger partial charge is 1.00 e. The summed E-state index contributed by atoms with van der Waals surface area (Å²) in [7, 11) is -3.01. The Morgan fingerprint density at radius 3 is 2.12 bits per heavy atom. The van der Waals surface area contributed by atoms with Gasteiger partial charge >= 0.3 is 51.4 Å². The van der Waals surface area contributed by atoms with Crippen molar-refractivity contribution in [1.29, 1.82) is 0 Å². The van der Waals surface area contributed by atoms with Gasteiger partial charge in [-0.1, -0.05) is 12.1 Å². The molecule has 3 aliphatic rings. The molecule has 1 N–H and O–H groups in total. The van der Waals surface area contributed by atoms with Gasteiger partial charge in [0, 0.05) is 5.41 Å². The molecule has 0 radical (unpaired) electrons. The molecule has 24 heavy (non-hydrogen) atoms. The minimum absolute atomic E-state index is 0. The molecule has 0 spiro atoms. The Hall–Kier alpha value is 0.526. The van der Waals surface area contributed by atoms with Crippen LogP contribution in [0.4, 0.5) is 0 Å². The smallest absolute Gasteiger partial charge is 0.746 e. The molecule has 2 bridgehead atoms. The van der Waals surface area contributed by atoms with E-state index in [9.17, 15) is 18.1 Å². The Morgan fingerprint density at radius 1 is 1.17 bits per heavy atom. The fourth-order valence-corrected chi connectivity index (χ4v) is 5.50. The number of benzene rings is 1. The number of aliphatic hydroxyl groups is 1. The summed E-state index contributed by atoms with van der Waals surface area (Å²) in [6.07, 6.45) is 4.18. The zero-order valence-electron chi connectivity index (χ0n) is 14.5. The van der Waals surface area contributed by atoms with E-state index in [1.165, 1.54) is 5.56 Å². The van der Waals surface area contributed by atoms with Crippen LogP contribution in [0.5, 0.6) is 5.75 Å². The standard InChI is InChI=1S/C17H24O5S.K/c1-12-11-13(3-4-14(12)22-2)16-5-8-17(9-6-16,10-7-16)15(18)23(19,20)21;/h3-4,11,15,18H,5-10H2,1-2H3,(H,19,20,21);/q;+1/p-1. The third kappa shape index (κ3) is 3.51. The number of aryl methyl sites for hydroxylation is 1. The molecule has 5 nitrogen and oxygen atoms in total. The molecule has 0 heterocycles. The molecular weight excluding hydrogens is 355 g/mol. The van der Waals surface area contributed by atoms with Crippen LogP contribution in [0.15, 0.2) is 18.2 Å². The van der Waals surface area contributed by atoms with Gasteiger partial charge in [-0.15, -0.1) is 0 Å². The van der Waals surface area contributed by atoms with Crippen LogP contribution in [-0.4, -0.2) is 30.6 Å². The van der Waals surface area contributed by atoms with Crippen molar-refractivity contribution in [1.82, 2.24) is 0 Å². The molecule has 0 aromatic heterocycles. The van der Waals surface area contributed by atoms with Gasteiger partial charge in [-0.2, -0.15) is 0 Å². The number of fused-ring (bicyclic) bond motifs is 3. The summed E-state index contributed by atoms with van der Waals surface area (Å²) in [6.45, 7) is 2.02. The summed E-state index contributed by atoms with van der Waals surface area (Å²) in [5.74, 6) is 0.860. The van der Waals surface area contributed by atoms with Crippen LogP contribution in [0.2, 0.25) is 0 Å². The maximum atomic E-state index is 11.3. The molecular formula is C17H23KO5S. The van der Waals surface area contributed by atoms with Gasteiger partial charge in [0.25, 0.3) is 0 Å². The zero-order chi connectivity index (χ0) is 16.9. The van der Waals surface area contributed by atoms with Crippen LogP contribution in [-0.2, 0) is 15.5 Å². The van der Waals surface area contributed by atoms with Crippen molar-refractivity contribution in [3.8, 4) is 5.75 Å². The predicted octanol–water partition coefficient (Wildman–Crippen LogP) is -0.537. The molecule has 0 aliphatic heterocycles. The van der Waals surface area contributed by atoms with E-state index in [0.29, 0.717) is 19.3 Å². The van der Waals surface area contributed by atoms with Crippen LogP contribution >= 0.6 is 0 Å². The summed E-state index contributed by atoms with van der Waals surface area (Å²) >= 11 is 0. The second kappa shape index (κ2) is 7.27. The Balaban J connectivity index is 0.00000208. The molecule has 1 atom stereocenters. The normalized spacial score (nSPS) is 30.5. The van der Waals surface area contributed by atoms with E-state index in [-0.39, 0.29) is 56.8 Å². The average molecular weight is 379 g/mol. The van der Waals surface area contributed by atoms with Gasteiger partial charge in [0.05, 0.1) is 7.11 Å². The van der Waals surface area contributed by atoms with Crippen molar-refractivity contribution in [2.75, 3.05) is 7.11 Å². The Kier molecular flexibility index (Phi) is 6.31. The Morgan fingerprint density at radius 2 is 1.71 bits per heavy atom. The van der Waals surface area contributed by atoms with Gasteiger partial charge in [0.15, 0.2) is 0 Å². The van der Waals surface area contributed by atoms with Gasteiger partial charge in [0.1, 0.15) is 21.3 Å². The first kappa shape index (κ1) is 20.8. The minimum atomic E-state index is -4.66. The molecule has 3 saturated carbocycles. The molecule has 1 unspecified atom stereocenters. The van der Waals surface area contributed by atoms with E-state index in [1.54, 1.807) is 7.11 Å². The topological polar surface area (TPSA) is 86.7 Å². The van der Waals surface area contributed by atoms with Crippen molar-refractivity contribution < 1.29 is 74.2 Å². The van der Waals surface area contributed by atoms with Crippen molar-refractivity contribution in [2.45, 2.75) is 56.3 Å². The summed E-state index contributed by atoms with van der Waals surface area (Å²) < 4.78 is 39.1. The third-order valence-corrected chi connectivity index (χ3v) is 7.16. The fraction of sp³-hybridized carbons (Fsp3) is 0.647. The number of rotatable bonds is 4. The van der Waals surface area contributed by atoms with Crippen LogP contribution in [0, 0.1) is 12.3 Å². The number of methoxy groups -OCH3 is 1. The molecule has 0 saturated heterocycles. The maximum Gasteiger partial charge on any atom is 1.00 e. The number of ether oxygens (including phenoxy) is 1. The fourth-order valence-electron chi connectivity index (χ4n) is 4.53. The van der Waals surface area contributed by atoms with Gasteiger partial charge in [-0.05, 0) is 68.1 Å². The zero-order valence-corrected chi connectivity index (χ0v) is 18.5. The molecule has 7 heteroatoms. The number of hydrogen-bond donors (Lipinski definition) is 1. The quantitative estimate of drug-likeness (QED) is 0.562. The Bertz CT molecular complexity index is 691. The van der Waals surface area contributed by atoms with Crippen LogP contribution in [0.3, 0.4) is 0 Å². The number of hydrogen-bond acceptors (Lipinski definition) is 5. The van der Waals surface area contributed by atoms with Gasteiger partial charge in [-0.3, -0.25) is 0 Å². The van der Waals surface area contributed by atoms with E-state index in [4.69, 9.17) is 4.74 Å². The predicted molar refractivity (Wildman–Crippen MR) is 85.2 cm³/mol. The van der Waals surface area contributed by atoms with Crippen LogP contribution < -0.4 is 56.1 Å². The molecule has 3 aliphatic carbocycles. The van der Waals surface area contributed by atoms with Crippen molar-refractivity contribution in [2.24, 2.45) is 5.41 Å². The van der Waals surface area contributed by atoms with Gasteiger partial charge in [-0.25, -0.2) is 8.42 Å². The van der Waals surface area contributed by atoms with Crippen molar-refractivity contribution in [3.63, 3.8) is 0 Å². The minimum Gasteiger partial charge on any atom is -0.746 e. The SMILES string of the molecule is COc1ccc(C23CCC(C(O)S(=O)(=O)[O-])(CC2)CC3)cc1C.[K+]. The third-order valence-electron chi connectivity index (χ3n) is 6.11. The first-order valence-electron chi connectivity index (χ1n) is 8.00. The molecule has 1 aromatic rings. The van der Waals surface area contributed by atoms with Gasteiger partial charge in [0.2, 0.25) is 0 Å². The van der Waals surface area contributed by atoms with E-state index in [2.05, 4.69) is 12.1 Å². The van der Waals surface area contributed by atoms with E-state index < -0.39 is 21.0 Å². The second-order valence-corrected chi connectivity index (χ2v) is 8.60. The van der Waals surface area contributed by atoms with Crippen LogP contribution in [0.25, 0.3) is 0 Å². The summed E-state index contributed by atoms with van der Waals surface area (Å²) in [5, 5.41) is 10.0. The monoisotopic (exact) mass is 378 g/mol. The molecule has 0 amide bonds. The first-order valence-corrected chi connectivity index (χ1v) is 9.48. The average Bonchev–Trinajstić information content (AvgIpc) is 2.55. The van der Waals surface area contributed by atoms with E-state index in [0.717, 1.165) is 30.6 Å². The van der Waals surface area contributed by atoms with Crippen molar-refractivity contribution >= 4 is 10.1 Å². The molecule has 128 valence electrons. The summed E-state index contributed by atoms with van der Waals surface area (Å²) in [4.78, 5) is 0. The summed E-state index contributed by atoms with van der Waals surface area (Å²) in [5.41, 5.74) is -0.145. The van der Waals surface area contributed by atoms with E-state index >= 15 is 0 Å². The second-order valence-electron chi connectivity index (χ2n) is 7.17.